The van der Waals surface area contributed by atoms with Gasteiger partial charge in [0.15, 0.2) is 21.5 Å². The highest BCUT2D eigenvalue weighted by Gasteiger charge is 2.27. The molecular weight excluding hydrogens is 500 g/mol. The molecule has 200 valence electrons. The topological polar surface area (TPSA) is 104 Å². The van der Waals surface area contributed by atoms with Gasteiger partial charge in [-0.05, 0) is 52.3 Å². The van der Waals surface area contributed by atoms with Gasteiger partial charge in [0.25, 0.3) is 0 Å². The molecule has 4 rings (SSSR count). The lowest BCUT2D eigenvalue weighted by molar-refractivity contribution is 0.198. The van der Waals surface area contributed by atoms with Crippen molar-refractivity contribution < 1.29 is 17.2 Å². The van der Waals surface area contributed by atoms with Crippen LogP contribution in [0.3, 0.4) is 0 Å². The van der Waals surface area contributed by atoms with E-state index in [9.17, 15) is 12.8 Å². The van der Waals surface area contributed by atoms with Crippen molar-refractivity contribution in [3.8, 4) is 0 Å². The molecule has 1 aliphatic rings. The number of halogens is 2. The summed E-state index contributed by atoms with van der Waals surface area (Å²) in [5, 5.41) is 2.70. The van der Waals surface area contributed by atoms with E-state index >= 15 is 4.39 Å². The zero-order chi connectivity index (χ0) is 26.7. The largest absolute Gasteiger partial charge is 0.341 e. The minimum atomic E-state index is -3.52. The lowest BCUT2D eigenvalue weighted by Gasteiger charge is -2.37. The van der Waals surface area contributed by atoms with Gasteiger partial charge in [0.1, 0.15) is 28.9 Å². The number of sulfone groups is 1. The Morgan fingerprint density at radius 1 is 1.16 bits per heavy atom. The summed E-state index contributed by atoms with van der Waals surface area (Å²) in [6, 6.07) is 2.67. The average molecular weight is 534 g/mol. The van der Waals surface area contributed by atoms with E-state index in [4.69, 9.17) is 0 Å². The number of nitrogens with zero attached hydrogens (tertiary/aromatic N) is 6. The van der Waals surface area contributed by atoms with Crippen LogP contribution in [0, 0.1) is 17.6 Å². The second-order valence-electron chi connectivity index (χ2n) is 9.77. The highest BCUT2D eigenvalue weighted by Crippen LogP contribution is 2.30. The molecular formula is C25H33F2N7O2S. The van der Waals surface area contributed by atoms with Crippen molar-refractivity contribution in [1.29, 1.82) is 0 Å². The van der Waals surface area contributed by atoms with Crippen LogP contribution in [0.25, 0.3) is 11.0 Å². The third kappa shape index (κ3) is 6.12. The van der Waals surface area contributed by atoms with Gasteiger partial charge < -0.3 is 15.1 Å². The average Bonchev–Trinajstić information content (AvgIpc) is 2.87. The molecule has 1 aliphatic heterocycles. The third-order valence-electron chi connectivity index (χ3n) is 6.99. The van der Waals surface area contributed by atoms with E-state index in [0.29, 0.717) is 35.4 Å². The number of piperidine rings is 1. The Kier molecular flexibility index (Phi) is 8.17. The Morgan fingerprint density at radius 2 is 1.89 bits per heavy atom. The normalized spacial score (nSPS) is 15.9. The van der Waals surface area contributed by atoms with Crippen LogP contribution in [0.4, 0.5) is 26.2 Å². The summed E-state index contributed by atoms with van der Waals surface area (Å²) in [7, 11) is 0.652. The Hall–Kier alpha value is -2.99. The van der Waals surface area contributed by atoms with Crippen LogP contribution < -0.4 is 10.2 Å². The molecule has 3 aromatic rings. The maximum atomic E-state index is 15.3. The Bertz CT molecular complexity index is 1360. The van der Waals surface area contributed by atoms with E-state index in [-0.39, 0.29) is 17.1 Å². The highest BCUT2D eigenvalue weighted by atomic mass is 32.2. The molecule has 1 aromatic carbocycles. The molecule has 1 unspecified atom stereocenters. The molecule has 1 N–H and O–H groups in total. The van der Waals surface area contributed by atoms with E-state index in [1.807, 2.05) is 0 Å². The van der Waals surface area contributed by atoms with E-state index < -0.39 is 32.9 Å². The molecule has 3 heterocycles. The minimum absolute atomic E-state index is 0.0753. The zero-order valence-electron chi connectivity index (χ0n) is 21.6. The van der Waals surface area contributed by atoms with E-state index in [2.05, 4.69) is 56.1 Å². The van der Waals surface area contributed by atoms with Gasteiger partial charge in [-0.1, -0.05) is 13.0 Å². The summed E-state index contributed by atoms with van der Waals surface area (Å²) >= 11 is 0. The summed E-state index contributed by atoms with van der Waals surface area (Å²) in [5.41, 5.74) is 0.141. The van der Waals surface area contributed by atoms with Gasteiger partial charge in [0, 0.05) is 24.7 Å². The van der Waals surface area contributed by atoms with Gasteiger partial charge in [-0.15, -0.1) is 0 Å². The second-order valence-corrected chi connectivity index (χ2v) is 12.0. The fourth-order valence-electron chi connectivity index (χ4n) is 4.65. The van der Waals surface area contributed by atoms with Gasteiger partial charge >= 0.3 is 0 Å². The van der Waals surface area contributed by atoms with Crippen LogP contribution >= 0.6 is 0 Å². The molecule has 0 aliphatic carbocycles. The smallest absolute Gasteiger partial charge is 0.226 e. The molecule has 0 saturated carbocycles. The van der Waals surface area contributed by atoms with Gasteiger partial charge in [-0.2, -0.15) is 0 Å². The van der Waals surface area contributed by atoms with Gasteiger partial charge in [0.2, 0.25) is 5.95 Å². The Morgan fingerprint density at radius 3 is 2.57 bits per heavy atom. The molecule has 1 saturated heterocycles. The molecule has 0 amide bonds. The molecule has 0 bridgehead atoms. The molecule has 12 heteroatoms. The highest BCUT2D eigenvalue weighted by molar-refractivity contribution is 7.90. The summed E-state index contributed by atoms with van der Waals surface area (Å²) < 4.78 is 54.4. The first-order valence-corrected chi connectivity index (χ1v) is 14.2. The van der Waals surface area contributed by atoms with Crippen LogP contribution in [0.1, 0.15) is 38.7 Å². The molecule has 9 nitrogen and oxygen atoms in total. The number of hydrogen-bond acceptors (Lipinski definition) is 9. The van der Waals surface area contributed by atoms with Crippen molar-refractivity contribution in [3.63, 3.8) is 0 Å². The summed E-state index contributed by atoms with van der Waals surface area (Å²) in [5.74, 6) is -1.25. The standard InChI is InChI=1S/C25H33F2N7O2S/c1-5-12-37(35,36)14-18-6-7-19(26)22(21(18)27)31-24-23-20(29-15-30-24)13-28-25(32-23)34-10-8-17(9-11-34)16(2)33(3)4/h6-7,13,15-17H,5,8-12,14H2,1-4H3,(H,29,30,31). The fourth-order valence-corrected chi connectivity index (χ4v) is 6.12. The van der Waals surface area contributed by atoms with Crippen LogP contribution in [0.5, 0.6) is 0 Å². The maximum Gasteiger partial charge on any atom is 0.226 e. The van der Waals surface area contributed by atoms with Crippen molar-refractivity contribution in [2.75, 3.05) is 43.2 Å². The van der Waals surface area contributed by atoms with Crippen LogP contribution in [0.2, 0.25) is 0 Å². The Balaban J connectivity index is 1.61. The van der Waals surface area contributed by atoms with Gasteiger partial charge in [0.05, 0.1) is 17.7 Å². The number of benzene rings is 1. The van der Waals surface area contributed by atoms with E-state index in [1.54, 1.807) is 13.1 Å². The lowest BCUT2D eigenvalue weighted by Crippen LogP contribution is -2.42. The van der Waals surface area contributed by atoms with Crippen molar-refractivity contribution in [3.05, 3.63) is 41.9 Å². The van der Waals surface area contributed by atoms with Gasteiger partial charge in [-0.25, -0.2) is 37.1 Å². The number of anilines is 3. The number of rotatable bonds is 9. The SMILES string of the molecule is CCCS(=O)(=O)Cc1ccc(F)c(Nc2ncnc3cnc(N4CCC(C(C)N(C)C)CC4)nc23)c1F. The van der Waals surface area contributed by atoms with Crippen LogP contribution in [0.15, 0.2) is 24.7 Å². The van der Waals surface area contributed by atoms with E-state index in [1.165, 1.54) is 6.33 Å². The zero-order valence-corrected chi connectivity index (χ0v) is 22.4. The second kappa shape index (κ2) is 11.2. The van der Waals surface area contributed by atoms with Crippen LogP contribution in [-0.2, 0) is 15.6 Å². The van der Waals surface area contributed by atoms with Crippen molar-refractivity contribution in [2.24, 2.45) is 5.92 Å². The molecule has 0 radical (unpaired) electrons. The lowest BCUT2D eigenvalue weighted by atomic mass is 9.90. The van der Waals surface area contributed by atoms with Gasteiger partial charge in [-0.3, -0.25) is 0 Å². The van der Waals surface area contributed by atoms with Crippen molar-refractivity contribution >= 4 is 38.3 Å². The number of fused-ring (bicyclic) bond motifs is 1. The fraction of sp³-hybridized carbons (Fsp3) is 0.520. The molecule has 2 aromatic heterocycles. The first-order chi connectivity index (χ1) is 17.6. The number of nitrogens with one attached hydrogen (secondary N) is 1. The predicted molar refractivity (Wildman–Crippen MR) is 141 cm³/mol. The number of aromatic nitrogens is 4. The third-order valence-corrected chi connectivity index (χ3v) is 8.77. The van der Waals surface area contributed by atoms with E-state index in [0.717, 1.165) is 38.1 Å². The first-order valence-electron chi connectivity index (χ1n) is 12.4. The molecule has 37 heavy (non-hydrogen) atoms. The first kappa shape index (κ1) is 27.1. The summed E-state index contributed by atoms with van der Waals surface area (Å²) in [6.07, 6.45) is 5.24. The monoisotopic (exact) mass is 533 g/mol. The molecule has 1 fully saturated rings. The molecule has 0 spiro atoms. The van der Waals surface area contributed by atoms with Crippen molar-refractivity contribution in [2.45, 2.75) is 44.9 Å². The maximum absolute atomic E-state index is 15.3. The predicted octanol–water partition coefficient (Wildman–Crippen LogP) is 3.93. The quantitative estimate of drug-likeness (QED) is 0.438. The summed E-state index contributed by atoms with van der Waals surface area (Å²) in [6.45, 7) is 5.55. The van der Waals surface area contributed by atoms with Crippen LogP contribution in [-0.4, -0.2) is 72.2 Å². The summed E-state index contributed by atoms with van der Waals surface area (Å²) in [4.78, 5) is 21.8. The Labute approximate surface area is 216 Å². The molecule has 1 atom stereocenters. The number of hydrogen-bond donors (Lipinski definition) is 1. The van der Waals surface area contributed by atoms with Crippen molar-refractivity contribution in [1.82, 2.24) is 24.8 Å². The minimum Gasteiger partial charge on any atom is -0.341 e.